The van der Waals surface area contributed by atoms with Gasteiger partial charge in [-0.3, -0.25) is 0 Å². The van der Waals surface area contributed by atoms with Crippen LogP contribution in [0.5, 0.6) is 0 Å². The van der Waals surface area contributed by atoms with Gasteiger partial charge in [-0.05, 0) is 30.0 Å². The molecule has 2 aromatic rings. The molecule has 0 fully saturated rings. The lowest BCUT2D eigenvalue weighted by Gasteiger charge is -2.22. The minimum Gasteiger partial charge on any atom is -0.351 e. The Bertz CT molecular complexity index is 499. The average molecular weight is 282 g/mol. The molecule has 0 amide bonds. The number of hydrogen-bond acceptors (Lipinski definition) is 4. The first kappa shape index (κ1) is 13.3. The monoisotopic (exact) mass is 281 g/mol. The van der Waals surface area contributed by atoms with Crippen molar-refractivity contribution in [2.75, 3.05) is 11.4 Å². The van der Waals surface area contributed by atoms with E-state index in [1.165, 1.54) is 4.88 Å². The molecule has 0 unspecified atom stereocenters. The number of thiophene rings is 1. The van der Waals surface area contributed by atoms with Crippen LogP contribution in [0.15, 0.2) is 29.8 Å². The predicted molar refractivity (Wildman–Crippen MR) is 78.2 cm³/mol. The maximum Gasteiger partial charge on any atom is 0.147 e. The molecule has 18 heavy (non-hydrogen) atoms. The molecule has 0 saturated heterocycles. The van der Waals surface area contributed by atoms with Gasteiger partial charge in [0, 0.05) is 24.2 Å². The van der Waals surface area contributed by atoms with Crippen LogP contribution in [0.2, 0.25) is 5.02 Å². The molecule has 0 radical (unpaired) electrons. The lowest BCUT2D eigenvalue weighted by molar-refractivity contribution is 0.821. The highest BCUT2D eigenvalue weighted by atomic mass is 35.5. The highest BCUT2D eigenvalue weighted by molar-refractivity contribution is 7.09. The van der Waals surface area contributed by atoms with Crippen molar-refractivity contribution in [1.29, 1.82) is 0 Å². The highest BCUT2D eigenvalue weighted by Gasteiger charge is 2.11. The molecule has 0 spiro atoms. The van der Waals surface area contributed by atoms with Gasteiger partial charge in [0.1, 0.15) is 5.82 Å². The molecule has 3 nitrogen and oxygen atoms in total. The normalized spacial score (nSPS) is 10.6. The van der Waals surface area contributed by atoms with Crippen LogP contribution in [-0.4, -0.2) is 11.5 Å². The van der Waals surface area contributed by atoms with Crippen molar-refractivity contribution in [2.45, 2.75) is 20.0 Å². The van der Waals surface area contributed by atoms with Crippen LogP contribution in [0.1, 0.15) is 17.4 Å². The molecule has 0 aliphatic rings. The molecule has 96 valence electrons. The first-order valence-electron chi connectivity index (χ1n) is 5.86. The van der Waals surface area contributed by atoms with Gasteiger partial charge in [0.2, 0.25) is 0 Å². The molecule has 0 aliphatic carbocycles. The third-order valence-corrected chi connectivity index (χ3v) is 3.86. The zero-order chi connectivity index (χ0) is 13.0. The van der Waals surface area contributed by atoms with E-state index in [2.05, 4.69) is 34.3 Å². The maximum atomic E-state index is 6.27. The Kier molecular flexibility index (Phi) is 4.58. The van der Waals surface area contributed by atoms with E-state index in [-0.39, 0.29) is 0 Å². The molecule has 0 saturated carbocycles. The van der Waals surface area contributed by atoms with Gasteiger partial charge in [0.05, 0.1) is 11.6 Å². The van der Waals surface area contributed by atoms with Gasteiger partial charge in [0.25, 0.3) is 0 Å². The highest BCUT2D eigenvalue weighted by Crippen LogP contribution is 2.26. The van der Waals surface area contributed by atoms with Crippen LogP contribution in [-0.2, 0) is 13.1 Å². The molecule has 2 aromatic heterocycles. The number of nitrogens with two attached hydrogens (primary N) is 1. The summed E-state index contributed by atoms with van der Waals surface area (Å²) < 4.78 is 0. The van der Waals surface area contributed by atoms with E-state index >= 15 is 0 Å². The van der Waals surface area contributed by atoms with Crippen LogP contribution < -0.4 is 10.6 Å². The van der Waals surface area contributed by atoms with Gasteiger partial charge < -0.3 is 10.6 Å². The fourth-order valence-electron chi connectivity index (χ4n) is 1.74. The minimum atomic E-state index is 0.462. The lowest BCUT2D eigenvalue weighted by atomic mass is 10.2. The average Bonchev–Trinajstić information content (AvgIpc) is 2.89. The number of pyridine rings is 1. The molecule has 2 heterocycles. The Morgan fingerprint density at radius 1 is 1.50 bits per heavy atom. The molecular weight excluding hydrogens is 266 g/mol. The fraction of sp³-hybridized carbons (Fsp3) is 0.308. The SMILES string of the molecule is CCN(Cc1cccs1)c1ncc(CN)cc1Cl. The molecule has 0 aromatic carbocycles. The van der Waals surface area contributed by atoms with Crippen LogP contribution in [0, 0.1) is 0 Å². The Labute approximate surface area is 116 Å². The van der Waals surface area contributed by atoms with Gasteiger partial charge in [0.15, 0.2) is 0 Å². The second kappa shape index (κ2) is 6.18. The largest absolute Gasteiger partial charge is 0.351 e. The van der Waals surface area contributed by atoms with Gasteiger partial charge in [-0.1, -0.05) is 17.7 Å². The first-order valence-corrected chi connectivity index (χ1v) is 7.12. The van der Waals surface area contributed by atoms with E-state index in [4.69, 9.17) is 17.3 Å². The zero-order valence-corrected chi connectivity index (χ0v) is 11.8. The van der Waals surface area contributed by atoms with E-state index < -0.39 is 0 Å². The van der Waals surface area contributed by atoms with Crippen LogP contribution in [0.25, 0.3) is 0 Å². The van der Waals surface area contributed by atoms with Gasteiger partial charge >= 0.3 is 0 Å². The van der Waals surface area contributed by atoms with Crippen LogP contribution in [0.3, 0.4) is 0 Å². The Morgan fingerprint density at radius 3 is 2.89 bits per heavy atom. The topological polar surface area (TPSA) is 42.2 Å². The maximum absolute atomic E-state index is 6.27. The van der Waals surface area contributed by atoms with Crippen molar-refractivity contribution in [3.05, 3.63) is 45.2 Å². The molecular formula is C13H16ClN3S. The molecule has 0 bridgehead atoms. The van der Waals surface area contributed by atoms with Crippen molar-refractivity contribution in [2.24, 2.45) is 5.73 Å². The second-order valence-electron chi connectivity index (χ2n) is 3.95. The van der Waals surface area contributed by atoms with Crippen LogP contribution in [0.4, 0.5) is 5.82 Å². The summed E-state index contributed by atoms with van der Waals surface area (Å²) in [7, 11) is 0. The van der Waals surface area contributed by atoms with Crippen molar-refractivity contribution >= 4 is 28.8 Å². The summed E-state index contributed by atoms with van der Waals surface area (Å²) in [5, 5.41) is 2.74. The molecule has 5 heteroatoms. The summed E-state index contributed by atoms with van der Waals surface area (Å²) in [4.78, 5) is 7.88. The van der Waals surface area contributed by atoms with Crippen molar-refractivity contribution in [1.82, 2.24) is 4.98 Å². The second-order valence-corrected chi connectivity index (χ2v) is 5.39. The zero-order valence-electron chi connectivity index (χ0n) is 10.3. The number of hydrogen-bond donors (Lipinski definition) is 1. The lowest BCUT2D eigenvalue weighted by Crippen LogP contribution is -2.23. The third kappa shape index (κ3) is 3.02. The Balaban J connectivity index is 2.22. The van der Waals surface area contributed by atoms with Crippen LogP contribution >= 0.6 is 22.9 Å². The van der Waals surface area contributed by atoms with Gasteiger partial charge in [-0.15, -0.1) is 11.3 Å². The molecule has 2 N–H and O–H groups in total. The number of rotatable bonds is 5. The van der Waals surface area contributed by atoms with Gasteiger partial charge in [-0.2, -0.15) is 0 Å². The van der Waals surface area contributed by atoms with Crippen molar-refractivity contribution in [3.63, 3.8) is 0 Å². The Hall–Kier alpha value is -1.10. The summed E-state index contributed by atoms with van der Waals surface area (Å²) in [5.41, 5.74) is 6.53. The summed E-state index contributed by atoms with van der Waals surface area (Å²) in [5.74, 6) is 0.824. The van der Waals surface area contributed by atoms with E-state index in [1.807, 2.05) is 6.07 Å². The molecule has 0 atom stereocenters. The first-order chi connectivity index (χ1) is 8.74. The standard InChI is InChI=1S/C13H16ClN3S/c1-2-17(9-11-4-3-5-18-11)13-12(14)6-10(7-15)8-16-13/h3-6,8H,2,7,9,15H2,1H3. The van der Waals surface area contributed by atoms with Crippen molar-refractivity contribution < 1.29 is 0 Å². The molecule has 0 aliphatic heterocycles. The third-order valence-electron chi connectivity index (χ3n) is 2.72. The van der Waals surface area contributed by atoms with E-state index in [1.54, 1.807) is 17.5 Å². The minimum absolute atomic E-state index is 0.462. The number of aromatic nitrogens is 1. The van der Waals surface area contributed by atoms with E-state index in [0.717, 1.165) is 24.5 Å². The number of halogens is 1. The molecule has 2 rings (SSSR count). The Morgan fingerprint density at radius 2 is 2.33 bits per heavy atom. The fourth-order valence-corrected chi connectivity index (χ4v) is 2.77. The quantitative estimate of drug-likeness (QED) is 0.914. The summed E-state index contributed by atoms with van der Waals surface area (Å²) in [6.45, 7) is 4.27. The smallest absolute Gasteiger partial charge is 0.147 e. The number of anilines is 1. The predicted octanol–water partition coefficient (Wildman–Crippen LogP) is 3.28. The summed E-state index contributed by atoms with van der Waals surface area (Å²) >= 11 is 8.01. The van der Waals surface area contributed by atoms with Crippen molar-refractivity contribution in [3.8, 4) is 0 Å². The van der Waals surface area contributed by atoms with Gasteiger partial charge in [-0.25, -0.2) is 4.98 Å². The van der Waals surface area contributed by atoms with E-state index in [9.17, 15) is 0 Å². The van der Waals surface area contributed by atoms with E-state index in [0.29, 0.717) is 11.6 Å². The number of nitrogens with zero attached hydrogens (tertiary/aromatic N) is 2. The summed E-state index contributed by atoms with van der Waals surface area (Å²) in [6, 6.07) is 6.07. The summed E-state index contributed by atoms with van der Waals surface area (Å²) in [6.07, 6.45) is 1.79.